The first-order valence-electron chi connectivity index (χ1n) is 9.47. The van der Waals surface area contributed by atoms with Crippen molar-refractivity contribution in [2.75, 3.05) is 16.4 Å². The Hall–Kier alpha value is -3.93. The first kappa shape index (κ1) is 22.3. The fraction of sp³-hybridized carbons (Fsp3) is 0.0952. The van der Waals surface area contributed by atoms with Crippen LogP contribution in [0.1, 0.15) is 15.9 Å². The Morgan fingerprint density at radius 3 is 2.52 bits per heavy atom. The molecule has 2 aromatic carbocycles. The number of fused-ring (bicyclic) bond motifs is 1. The minimum absolute atomic E-state index is 0.00936. The molecule has 0 fully saturated rings. The summed E-state index contributed by atoms with van der Waals surface area (Å²) in [5.74, 6) is -0.513. The third-order valence-corrected chi connectivity index (χ3v) is 5.12. The molecule has 0 unspecified atom stereocenters. The van der Waals surface area contributed by atoms with Gasteiger partial charge in [-0.15, -0.1) is 5.10 Å². The van der Waals surface area contributed by atoms with E-state index in [1.807, 2.05) is 0 Å². The summed E-state index contributed by atoms with van der Waals surface area (Å²) >= 11 is 1.12. The maximum atomic E-state index is 12.9. The lowest BCUT2D eigenvalue weighted by Gasteiger charge is -2.11. The Bertz CT molecular complexity index is 1290. The fourth-order valence-corrected chi connectivity index (χ4v) is 3.44. The van der Waals surface area contributed by atoms with Crippen molar-refractivity contribution in [1.82, 2.24) is 19.6 Å². The molecule has 4 rings (SSSR count). The number of hydrogen-bond donors (Lipinski definition) is 2. The summed E-state index contributed by atoms with van der Waals surface area (Å²) < 4.78 is 40.1. The fourth-order valence-electron chi connectivity index (χ4n) is 2.82. The van der Waals surface area contributed by atoms with Crippen LogP contribution in [0.4, 0.5) is 24.5 Å². The molecule has 0 saturated heterocycles. The minimum Gasteiger partial charge on any atom is -0.325 e. The third kappa shape index (κ3) is 5.66. The molecular formula is C21H15F3N6O2S. The van der Waals surface area contributed by atoms with Crippen LogP contribution in [0, 0.1) is 0 Å². The number of amides is 2. The Morgan fingerprint density at radius 1 is 1.00 bits per heavy atom. The molecule has 0 atom stereocenters. The number of nitrogens with one attached hydrogen (secondary N) is 2. The van der Waals surface area contributed by atoms with Gasteiger partial charge in [0.15, 0.2) is 0 Å². The predicted molar refractivity (Wildman–Crippen MR) is 116 cm³/mol. The average Bonchev–Trinajstić information content (AvgIpc) is 3.21. The number of nitrogens with zero attached hydrogens (tertiary/aromatic N) is 4. The molecule has 2 aromatic heterocycles. The van der Waals surface area contributed by atoms with Gasteiger partial charge in [-0.05, 0) is 42.5 Å². The summed E-state index contributed by atoms with van der Waals surface area (Å²) in [6, 6.07) is 12.1. The van der Waals surface area contributed by atoms with Crippen LogP contribution in [-0.2, 0) is 11.0 Å². The molecule has 0 radical (unpaired) electrons. The second-order valence-corrected chi connectivity index (χ2v) is 7.65. The van der Waals surface area contributed by atoms with E-state index in [0.717, 1.165) is 23.9 Å². The molecule has 2 N–H and O–H groups in total. The van der Waals surface area contributed by atoms with Gasteiger partial charge in [0.1, 0.15) is 0 Å². The Labute approximate surface area is 189 Å². The number of aromatic nitrogens is 4. The summed E-state index contributed by atoms with van der Waals surface area (Å²) in [6.45, 7) is 0. The predicted octanol–water partition coefficient (Wildman–Crippen LogP) is 4.13. The van der Waals surface area contributed by atoms with Gasteiger partial charge in [0.2, 0.25) is 11.1 Å². The van der Waals surface area contributed by atoms with Crippen LogP contribution in [0.2, 0.25) is 0 Å². The lowest BCUT2D eigenvalue weighted by molar-refractivity contribution is -0.137. The van der Waals surface area contributed by atoms with Gasteiger partial charge >= 0.3 is 6.18 Å². The van der Waals surface area contributed by atoms with Crippen LogP contribution in [0.3, 0.4) is 0 Å². The van der Waals surface area contributed by atoms with Crippen LogP contribution in [0.5, 0.6) is 0 Å². The second-order valence-electron chi connectivity index (χ2n) is 6.71. The lowest BCUT2D eigenvalue weighted by Crippen LogP contribution is -2.16. The molecule has 12 heteroatoms. The van der Waals surface area contributed by atoms with Crippen LogP contribution in [-0.4, -0.2) is 37.1 Å². The molecule has 8 nitrogen and oxygen atoms in total. The van der Waals surface area contributed by atoms with E-state index in [0.29, 0.717) is 16.6 Å². The molecule has 2 amide bonds. The van der Waals surface area contributed by atoms with Crippen LogP contribution in [0.15, 0.2) is 72.1 Å². The molecule has 0 aliphatic carbocycles. The Balaban J connectivity index is 1.37. The molecule has 0 saturated carbocycles. The number of thioether (sulfide) groups is 1. The second kappa shape index (κ2) is 9.28. The molecule has 168 valence electrons. The van der Waals surface area contributed by atoms with Gasteiger partial charge in [0.05, 0.1) is 11.3 Å². The number of rotatable bonds is 6. The van der Waals surface area contributed by atoms with Crippen LogP contribution >= 0.6 is 11.8 Å². The van der Waals surface area contributed by atoms with Crippen LogP contribution in [0.25, 0.3) is 5.78 Å². The van der Waals surface area contributed by atoms with Gasteiger partial charge in [-0.25, -0.2) is 9.50 Å². The third-order valence-electron chi connectivity index (χ3n) is 4.29. The van der Waals surface area contributed by atoms with Gasteiger partial charge in [-0.1, -0.05) is 23.9 Å². The van der Waals surface area contributed by atoms with Crippen molar-refractivity contribution < 1.29 is 22.8 Å². The lowest BCUT2D eigenvalue weighted by atomic mass is 10.1. The molecule has 0 bridgehead atoms. The van der Waals surface area contributed by atoms with E-state index < -0.39 is 17.6 Å². The number of benzene rings is 2. The summed E-state index contributed by atoms with van der Waals surface area (Å²) in [5, 5.41) is 9.68. The number of halogens is 3. The highest BCUT2D eigenvalue weighted by atomic mass is 32.2. The van der Waals surface area contributed by atoms with Crippen molar-refractivity contribution in [2.24, 2.45) is 0 Å². The zero-order valence-corrected chi connectivity index (χ0v) is 17.5. The van der Waals surface area contributed by atoms with Crippen molar-refractivity contribution >= 4 is 40.7 Å². The topological polar surface area (TPSA) is 101 Å². The molecule has 0 spiro atoms. The summed E-state index contributed by atoms with van der Waals surface area (Å²) in [4.78, 5) is 33.0. The molecule has 0 aliphatic heterocycles. The number of carbonyl (C=O) groups excluding carboxylic acids is 2. The largest absolute Gasteiger partial charge is 0.416 e. The van der Waals surface area contributed by atoms with E-state index in [1.54, 1.807) is 30.6 Å². The smallest absolute Gasteiger partial charge is 0.325 e. The highest BCUT2D eigenvalue weighted by Crippen LogP contribution is 2.30. The van der Waals surface area contributed by atoms with E-state index >= 15 is 0 Å². The van der Waals surface area contributed by atoms with Gasteiger partial charge in [-0.2, -0.15) is 18.2 Å². The highest BCUT2D eigenvalue weighted by molar-refractivity contribution is 7.99. The first-order valence-corrected chi connectivity index (χ1v) is 10.5. The Kier molecular flexibility index (Phi) is 6.27. The average molecular weight is 472 g/mol. The van der Waals surface area contributed by atoms with Crippen LogP contribution < -0.4 is 10.6 Å². The molecule has 0 aliphatic rings. The summed E-state index contributed by atoms with van der Waals surface area (Å²) in [6.07, 6.45) is -1.24. The van der Waals surface area contributed by atoms with Crippen molar-refractivity contribution in [1.29, 1.82) is 0 Å². The monoisotopic (exact) mass is 472 g/mol. The van der Waals surface area contributed by atoms with Gasteiger partial charge in [0.25, 0.3) is 11.7 Å². The molecular weight excluding hydrogens is 457 g/mol. The Morgan fingerprint density at radius 2 is 1.76 bits per heavy atom. The maximum Gasteiger partial charge on any atom is 0.416 e. The minimum atomic E-state index is -4.52. The van der Waals surface area contributed by atoms with E-state index in [2.05, 4.69) is 25.7 Å². The quantitative estimate of drug-likeness (QED) is 0.410. The van der Waals surface area contributed by atoms with E-state index in [4.69, 9.17) is 0 Å². The zero-order valence-electron chi connectivity index (χ0n) is 16.7. The maximum absolute atomic E-state index is 12.9. The standard InChI is InChI=1S/C21H15F3N6O2S/c22-21(23,24)14-5-2-7-16(11-14)27-18(32)13-4-1-6-15(10-13)26-17(31)12-33-20-28-19-25-8-3-9-30(19)29-20/h1-11H,12H2,(H,26,31)(H,27,32). The van der Waals surface area contributed by atoms with Gasteiger partial charge in [-0.3, -0.25) is 9.59 Å². The number of anilines is 2. The molecule has 33 heavy (non-hydrogen) atoms. The number of carbonyl (C=O) groups is 2. The van der Waals surface area contributed by atoms with Crippen molar-refractivity contribution in [2.45, 2.75) is 11.3 Å². The van der Waals surface area contributed by atoms with E-state index in [1.165, 1.54) is 28.8 Å². The normalized spacial score (nSPS) is 11.4. The summed E-state index contributed by atoms with van der Waals surface area (Å²) in [7, 11) is 0. The SMILES string of the molecule is O=C(CSc1nc2ncccn2n1)Nc1cccc(C(=O)Nc2cccc(C(F)(F)F)c2)c1. The van der Waals surface area contributed by atoms with Crippen molar-refractivity contribution in [3.05, 3.63) is 78.1 Å². The van der Waals surface area contributed by atoms with Crippen molar-refractivity contribution in [3.8, 4) is 0 Å². The number of hydrogen-bond acceptors (Lipinski definition) is 6. The van der Waals surface area contributed by atoms with E-state index in [9.17, 15) is 22.8 Å². The van der Waals surface area contributed by atoms with Gasteiger partial charge < -0.3 is 10.6 Å². The van der Waals surface area contributed by atoms with E-state index in [-0.39, 0.29) is 22.9 Å². The van der Waals surface area contributed by atoms with Crippen molar-refractivity contribution in [3.63, 3.8) is 0 Å². The molecule has 4 aromatic rings. The summed E-state index contributed by atoms with van der Waals surface area (Å²) in [5.41, 5.74) is -0.322. The molecule has 2 heterocycles. The first-order chi connectivity index (χ1) is 15.8. The zero-order chi connectivity index (χ0) is 23.4. The van der Waals surface area contributed by atoms with Gasteiger partial charge in [0, 0.05) is 29.3 Å². The highest BCUT2D eigenvalue weighted by Gasteiger charge is 2.30. The number of alkyl halides is 3.